The molecule has 1 fully saturated rings. The lowest BCUT2D eigenvalue weighted by Crippen LogP contribution is -2.42. The van der Waals surface area contributed by atoms with E-state index in [4.69, 9.17) is 0 Å². The number of aromatic nitrogens is 2. The second-order valence-electron chi connectivity index (χ2n) is 8.54. The van der Waals surface area contributed by atoms with Gasteiger partial charge in [-0.25, -0.2) is 9.97 Å². The van der Waals surface area contributed by atoms with Crippen molar-refractivity contribution in [3.05, 3.63) is 78.1 Å². The molecule has 158 valence electrons. The van der Waals surface area contributed by atoms with Crippen molar-refractivity contribution in [3.63, 3.8) is 0 Å². The third-order valence-corrected chi connectivity index (χ3v) is 6.60. The van der Waals surface area contributed by atoms with Gasteiger partial charge in [-0.05, 0) is 43.2 Å². The summed E-state index contributed by atoms with van der Waals surface area (Å²) in [5.74, 6) is 1.21. The van der Waals surface area contributed by atoms with Crippen molar-refractivity contribution in [2.75, 3.05) is 18.0 Å². The Balaban J connectivity index is 1.21. The number of nitrogens with zero attached hydrogens (tertiary/aromatic N) is 3. The molecule has 5 heteroatoms. The lowest BCUT2D eigenvalue weighted by molar-refractivity contribution is -0.126. The molecule has 1 atom stereocenters. The van der Waals surface area contributed by atoms with Gasteiger partial charge >= 0.3 is 0 Å². The molecule has 5 rings (SSSR count). The Hall–Kier alpha value is -3.21. The molecule has 1 aliphatic carbocycles. The van der Waals surface area contributed by atoms with E-state index in [1.807, 2.05) is 18.2 Å². The summed E-state index contributed by atoms with van der Waals surface area (Å²) in [4.78, 5) is 24.2. The van der Waals surface area contributed by atoms with Crippen molar-refractivity contribution in [2.24, 2.45) is 5.92 Å². The van der Waals surface area contributed by atoms with Gasteiger partial charge < -0.3 is 10.2 Å². The third kappa shape index (κ3) is 4.31. The average molecular weight is 413 g/mol. The molecular formula is C26H28N4O. The molecule has 0 spiro atoms. The summed E-state index contributed by atoms with van der Waals surface area (Å²) in [6.45, 7) is 1.68. The highest BCUT2D eigenvalue weighted by Crippen LogP contribution is 2.31. The van der Waals surface area contributed by atoms with Gasteiger partial charge in [0.25, 0.3) is 0 Å². The molecule has 2 heterocycles. The average Bonchev–Trinajstić information content (AvgIpc) is 2.85. The lowest BCUT2D eigenvalue weighted by Gasteiger charge is -2.34. The van der Waals surface area contributed by atoms with Crippen LogP contribution in [0.2, 0.25) is 0 Å². The molecule has 0 saturated carbocycles. The van der Waals surface area contributed by atoms with Crippen LogP contribution in [-0.4, -0.2) is 29.0 Å². The van der Waals surface area contributed by atoms with Crippen LogP contribution >= 0.6 is 0 Å². The zero-order chi connectivity index (χ0) is 21.0. The fraction of sp³-hybridized carbons (Fsp3) is 0.346. The Morgan fingerprint density at radius 3 is 2.55 bits per heavy atom. The molecule has 1 aromatic heterocycles. The number of fused-ring (bicyclic) bond motifs is 1. The van der Waals surface area contributed by atoms with Crippen molar-refractivity contribution in [3.8, 4) is 11.3 Å². The summed E-state index contributed by atoms with van der Waals surface area (Å²) in [5.41, 5.74) is 4.70. The fourth-order valence-electron chi connectivity index (χ4n) is 4.85. The molecule has 1 saturated heterocycles. The molecule has 0 radical (unpaired) electrons. The highest BCUT2D eigenvalue weighted by molar-refractivity contribution is 5.79. The Morgan fingerprint density at radius 1 is 0.935 bits per heavy atom. The molecule has 5 nitrogen and oxygen atoms in total. The predicted molar refractivity (Wildman–Crippen MR) is 123 cm³/mol. The Morgan fingerprint density at radius 2 is 1.71 bits per heavy atom. The zero-order valence-corrected chi connectivity index (χ0v) is 17.7. The molecule has 0 bridgehead atoms. The summed E-state index contributed by atoms with van der Waals surface area (Å²) >= 11 is 0. The van der Waals surface area contributed by atoms with E-state index in [1.165, 1.54) is 11.1 Å². The number of piperidine rings is 1. The highest BCUT2D eigenvalue weighted by Gasteiger charge is 2.29. The monoisotopic (exact) mass is 412 g/mol. The highest BCUT2D eigenvalue weighted by atomic mass is 16.1. The van der Waals surface area contributed by atoms with Crippen LogP contribution in [0.4, 0.5) is 5.82 Å². The number of rotatable bonds is 4. The second-order valence-corrected chi connectivity index (χ2v) is 8.54. The van der Waals surface area contributed by atoms with E-state index in [0.717, 1.165) is 62.3 Å². The van der Waals surface area contributed by atoms with Crippen LogP contribution in [0.15, 0.2) is 67.0 Å². The molecule has 1 amide bonds. The van der Waals surface area contributed by atoms with Crippen LogP contribution in [-0.2, 0) is 11.2 Å². The maximum atomic E-state index is 13.0. The van der Waals surface area contributed by atoms with E-state index in [-0.39, 0.29) is 17.9 Å². The van der Waals surface area contributed by atoms with Crippen LogP contribution in [0.25, 0.3) is 11.3 Å². The van der Waals surface area contributed by atoms with Gasteiger partial charge in [0, 0.05) is 30.6 Å². The molecule has 2 aliphatic rings. The number of carbonyl (C=O) groups is 1. The first-order valence-corrected chi connectivity index (χ1v) is 11.3. The van der Waals surface area contributed by atoms with Crippen LogP contribution < -0.4 is 10.2 Å². The third-order valence-electron chi connectivity index (χ3n) is 6.60. The minimum atomic E-state index is 0.0702. The van der Waals surface area contributed by atoms with E-state index < -0.39 is 0 Å². The van der Waals surface area contributed by atoms with Crippen LogP contribution in [0.3, 0.4) is 0 Å². The van der Waals surface area contributed by atoms with E-state index in [9.17, 15) is 4.79 Å². The first-order valence-electron chi connectivity index (χ1n) is 11.3. The summed E-state index contributed by atoms with van der Waals surface area (Å²) < 4.78 is 0. The summed E-state index contributed by atoms with van der Waals surface area (Å²) in [6.07, 6.45) is 6.63. The Bertz CT molecular complexity index is 1040. The van der Waals surface area contributed by atoms with Gasteiger partial charge in [0.15, 0.2) is 0 Å². The zero-order valence-electron chi connectivity index (χ0n) is 17.7. The maximum Gasteiger partial charge on any atom is 0.223 e. The van der Waals surface area contributed by atoms with Gasteiger partial charge in [0.1, 0.15) is 12.1 Å². The van der Waals surface area contributed by atoms with Gasteiger partial charge in [0.05, 0.1) is 11.7 Å². The normalized spacial score (nSPS) is 19.0. The minimum Gasteiger partial charge on any atom is -0.356 e. The van der Waals surface area contributed by atoms with E-state index >= 15 is 0 Å². The van der Waals surface area contributed by atoms with Crippen LogP contribution in [0, 0.1) is 5.92 Å². The van der Waals surface area contributed by atoms with E-state index in [2.05, 4.69) is 62.6 Å². The summed E-state index contributed by atoms with van der Waals surface area (Å²) in [6, 6.07) is 20.9. The number of aryl methyl sites for hydroxylation is 1. The molecular weight excluding hydrogens is 384 g/mol. The molecule has 0 unspecified atom stereocenters. The first-order chi connectivity index (χ1) is 15.3. The van der Waals surface area contributed by atoms with E-state index in [1.54, 1.807) is 6.33 Å². The smallest absolute Gasteiger partial charge is 0.223 e. The van der Waals surface area contributed by atoms with Crippen LogP contribution in [0.5, 0.6) is 0 Å². The SMILES string of the molecule is O=C(N[C@H]1CCCc2ccccc21)C1CCN(c2cc(-c3ccccc3)ncn2)CC1. The van der Waals surface area contributed by atoms with Crippen molar-refractivity contribution >= 4 is 11.7 Å². The van der Waals surface area contributed by atoms with Gasteiger partial charge in [0.2, 0.25) is 5.91 Å². The number of hydrogen-bond acceptors (Lipinski definition) is 4. The number of carbonyl (C=O) groups excluding carboxylic acids is 1. The van der Waals surface area contributed by atoms with Gasteiger partial charge in [-0.2, -0.15) is 0 Å². The minimum absolute atomic E-state index is 0.0702. The van der Waals surface area contributed by atoms with Gasteiger partial charge in [-0.1, -0.05) is 54.6 Å². The van der Waals surface area contributed by atoms with Crippen molar-refractivity contribution in [1.82, 2.24) is 15.3 Å². The van der Waals surface area contributed by atoms with E-state index in [0.29, 0.717) is 0 Å². The first kappa shape index (κ1) is 19.7. The molecule has 1 N–H and O–H groups in total. The topological polar surface area (TPSA) is 58.1 Å². The predicted octanol–water partition coefficient (Wildman–Crippen LogP) is 4.55. The number of amides is 1. The molecule has 3 aromatic rings. The fourth-order valence-corrected chi connectivity index (χ4v) is 4.85. The lowest BCUT2D eigenvalue weighted by atomic mass is 9.87. The second kappa shape index (κ2) is 8.88. The molecule has 31 heavy (non-hydrogen) atoms. The Labute approximate surface area is 183 Å². The largest absolute Gasteiger partial charge is 0.356 e. The number of benzene rings is 2. The van der Waals surface area contributed by atoms with Crippen LogP contribution in [0.1, 0.15) is 42.9 Å². The van der Waals surface area contributed by atoms with Crippen molar-refractivity contribution in [1.29, 1.82) is 0 Å². The molecule has 1 aliphatic heterocycles. The van der Waals surface area contributed by atoms with Crippen molar-refractivity contribution < 1.29 is 4.79 Å². The van der Waals surface area contributed by atoms with Crippen molar-refractivity contribution in [2.45, 2.75) is 38.1 Å². The van der Waals surface area contributed by atoms with Gasteiger partial charge in [-0.3, -0.25) is 4.79 Å². The molecule has 2 aromatic carbocycles. The number of hydrogen-bond donors (Lipinski definition) is 1. The quantitative estimate of drug-likeness (QED) is 0.683. The van der Waals surface area contributed by atoms with Gasteiger partial charge in [-0.15, -0.1) is 0 Å². The summed E-state index contributed by atoms with van der Waals surface area (Å²) in [7, 11) is 0. The summed E-state index contributed by atoms with van der Waals surface area (Å²) in [5, 5.41) is 3.35. The maximum absolute atomic E-state index is 13.0. The number of anilines is 1. The Kier molecular flexibility index (Phi) is 5.65. The standard InChI is InChI=1S/C26H28N4O/c31-26(29-23-12-6-10-19-7-4-5-11-22(19)23)21-13-15-30(16-14-21)25-17-24(27-18-28-25)20-8-2-1-3-9-20/h1-5,7-9,11,17-18,21,23H,6,10,12-16H2,(H,29,31)/t23-/m0/s1. The number of nitrogens with one attached hydrogen (secondary N) is 1.